The van der Waals surface area contributed by atoms with Gasteiger partial charge in [0.25, 0.3) is 5.19 Å². The number of carbonyl (C=O) groups excluding carboxylic acids is 1. The van der Waals surface area contributed by atoms with Gasteiger partial charge in [0, 0.05) is 0 Å². The molecule has 0 unspecified atom stereocenters. The van der Waals surface area contributed by atoms with Crippen molar-refractivity contribution in [2.45, 2.75) is 0 Å². The Bertz CT molecular complexity index is 585. The quantitative estimate of drug-likeness (QED) is 0.803. The number of carbonyl (C=O) groups is 1. The minimum absolute atomic E-state index is 0.0499. The molecule has 1 heterocycles. The van der Waals surface area contributed by atoms with Crippen LogP contribution in [0, 0.1) is 0 Å². The SMILES string of the molecule is COC(=O)c1sc(Oc2ccccc2Cl)nc1Cl. The highest BCUT2D eigenvalue weighted by Gasteiger charge is 2.18. The van der Waals surface area contributed by atoms with Crippen LogP contribution >= 0.6 is 34.5 Å². The molecule has 0 spiro atoms. The number of nitrogens with zero attached hydrogens (tertiary/aromatic N) is 1. The predicted octanol–water partition coefficient (Wildman–Crippen LogP) is 4.03. The van der Waals surface area contributed by atoms with Crippen LogP contribution in [0.4, 0.5) is 0 Å². The summed E-state index contributed by atoms with van der Waals surface area (Å²) in [6, 6.07) is 6.93. The largest absolute Gasteiger partial charge is 0.465 e. The molecule has 0 radical (unpaired) electrons. The van der Waals surface area contributed by atoms with E-state index in [1.54, 1.807) is 24.3 Å². The van der Waals surface area contributed by atoms with Crippen LogP contribution in [0.15, 0.2) is 24.3 Å². The molecule has 0 bridgehead atoms. The van der Waals surface area contributed by atoms with Crippen molar-refractivity contribution in [1.29, 1.82) is 0 Å². The summed E-state index contributed by atoms with van der Waals surface area (Å²) < 4.78 is 10.0. The van der Waals surface area contributed by atoms with E-state index in [0.717, 1.165) is 11.3 Å². The van der Waals surface area contributed by atoms with Crippen molar-refractivity contribution in [1.82, 2.24) is 4.98 Å². The third-order valence-corrected chi connectivity index (χ3v) is 3.58. The fourth-order valence-electron chi connectivity index (χ4n) is 1.17. The van der Waals surface area contributed by atoms with Crippen LogP contribution in [0.1, 0.15) is 9.67 Å². The summed E-state index contributed by atoms with van der Waals surface area (Å²) in [5, 5.41) is 0.728. The maximum atomic E-state index is 11.3. The maximum Gasteiger partial charge on any atom is 0.351 e. The molecular formula is C11H7Cl2NO3S. The Labute approximate surface area is 117 Å². The monoisotopic (exact) mass is 303 g/mol. The second-order valence-corrected chi connectivity index (χ2v) is 4.85. The fourth-order valence-corrected chi connectivity index (χ4v) is 2.40. The van der Waals surface area contributed by atoms with Crippen molar-refractivity contribution in [2.24, 2.45) is 0 Å². The summed E-state index contributed by atoms with van der Waals surface area (Å²) in [5.41, 5.74) is 0. The van der Waals surface area contributed by atoms with Gasteiger partial charge in [0.2, 0.25) is 0 Å². The summed E-state index contributed by atoms with van der Waals surface area (Å²) in [4.78, 5) is 15.5. The zero-order chi connectivity index (χ0) is 13.1. The number of para-hydroxylation sites is 1. The van der Waals surface area contributed by atoms with Gasteiger partial charge in [-0.15, -0.1) is 0 Å². The van der Waals surface area contributed by atoms with Crippen molar-refractivity contribution in [3.05, 3.63) is 39.3 Å². The van der Waals surface area contributed by atoms with Crippen LogP contribution in [0.5, 0.6) is 10.9 Å². The molecule has 18 heavy (non-hydrogen) atoms. The summed E-state index contributed by atoms with van der Waals surface area (Å²) in [7, 11) is 1.27. The Balaban J connectivity index is 2.26. The van der Waals surface area contributed by atoms with E-state index in [4.69, 9.17) is 27.9 Å². The first kappa shape index (κ1) is 13.1. The summed E-state index contributed by atoms with van der Waals surface area (Å²) in [6.07, 6.45) is 0. The lowest BCUT2D eigenvalue weighted by Gasteiger charge is -2.02. The van der Waals surface area contributed by atoms with Crippen LogP contribution in [0.25, 0.3) is 0 Å². The topological polar surface area (TPSA) is 48.4 Å². The van der Waals surface area contributed by atoms with E-state index in [1.807, 2.05) is 0 Å². The van der Waals surface area contributed by atoms with Crippen LogP contribution < -0.4 is 4.74 Å². The van der Waals surface area contributed by atoms with Gasteiger partial charge in [-0.2, -0.15) is 4.98 Å². The van der Waals surface area contributed by atoms with Crippen LogP contribution in [-0.4, -0.2) is 18.1 Å². The van der Waals surface area contributed by atoms with Gasteiger partial charge in [0.05, 0.1) is 12.1 Å². The molecule has 2 aromatic rings. The molecule has 0 saturated heterocycles. The number of aromatic nitrogens is 1. The first-order chi connectivity index (χ1) is 8.61. The van der Waals surface area contributed by atoms with Crippen molar-refractivity contribution in [3.8, 4) is 10.9 Å². The van der Waals surface area contributed by atoms with E-state index in [0.29, 0.717) is 10.8 Å². The maximum absolute atomic E-state index is 11.3. The average Bonchev–Trinajstić information content (AvgIpc) is 2.72. The highest BCUT2D eigenvalue weighted by atomic mass is 35.5. The smallest absolute Gasteiger partial charge is 0.351 e. The number of hydrogen-bond donors (Lipinski definition) is 0. The van der Waals surface area contributed by atoms with E-state index >= 15 is 0 Å². The molecule has 4 nitrogen and oxygen atoms in total. The number of halogens is 2. The molecule has 0 aliphatic carbocycles. The molecule has 7 heteroatoms. The Morgan fingerprint density at radius 3 is 2.72 bits per heavy atom. The number of rotatable bonds is 3. The van der Waals surface area contributed by atoms with Crippen LogP contribution in [0.3, 0.4) is 0 Å². The number of methoxy groups -OCH3 is 1. The second-order valence-electron chi connectivity index (χ2n) is 3.12. The Kier molecular flexibility index (Phi) is 4.06. The van der Waals surface area contributed by atoms with Gasteiger partial charge in [-0.25, -0.2) is 4.79 Å². The molecule has 0 amide bonds. The van der Waals surface area contributed by atoms with Gasteiger partial charge in [0.1, 0.15) is 5.75 Å². The van der Waals surface area contributed by atoms with E-state index in [-0.39, 0.29) is 15.2 Å². The number of ether oxygens (including phenoxy) is 2. The standard InChI is InChI=1S/C11H7Cl2NO3S/c1-16-10(15)8-9(13)14-11(18-8)17-7-5-3-2-4-6(7)12/h2-5H,1H3. The number of thiazole rings is 1. The van der Waals surface area contributed by atoms with Gasteiger partial charge in [-0.1, -0.05) is 46.7 Å². The van der Waals surface area contributed by atoms with Gasteiger partial charge < -0.3 is 9.47 Å². The molecule has 94 valence electrons. The van der Waals surface area contributed by atoms with Crippen LogP contribution in [-0.2, 0) is 4.74 Å². The van der Waals surface area contributed by atoms with Crippen molar-refractivity contribution >= 4 is 40.5 Å². The molecule has 2 rings (SSSR count). The Morgan fingerprint density at radius 1 is 1.33 bits per heavy atom. The lowest BCUT2D eigenvalue weighted by atomic mass is 10.3. The lowest BCUT2D eigenvalue weighted by Crippen LogP contribution is -1.98. The van der Waals surface area contributed by atoms with Gasteiger partial charge in [0.15, 0.2) is 10.0 Å². The molecule has 1 aromatic carbocycles. The molecule has 0 N–H and O–H groups in total. The molecule has 0 atom stereocenters. The summed E-state index contributed by atoms with van der Waals surface area (Å²) >= 11 is 12.7. The number of esters is 1. The van der Waals surface area contributed by atoms with Gasteiger partial charge in [-0.05, 0) is 12.1 Å². The zero-order valence-corrected chi connectivity index (χ0v) is 11.5. The van der Waals surface area contributed by atoms with Crippen LogP contribution in [0.2, 0.25) is 10.2 Å². The van der Waals surface area contributed by atoms with Crippen molar-refractivity contribution < 1.29 is 14.3 Å². The Hall–Kier alpha value is -1.30. The normalized spacial score (nSPS) is 10.2. The van der Waals surface area contributed by atoms with Crippen molar-refractivity contribution in [3.63, 3.8) is 0 Å². The minimum Gasteiger partial charge on any atom is -0.465 e. The highest BCUT2D eigenvalue weighted by molar-refractivity contribution is 7.15. The van der Waals surface area contributed by atoms with Crippen molar-refractivity contribution in [2.75, 3.05) is 7.11 Å². The van der Waals surface area contributed by atoms with Gasteiger partial charge >= 0.3 is 5.97 Å². The van der Waals surface area contributed by atoms with E-state index in [2.05, 4.69) is 9.72 Å². The predicted molar refractivity (Wildman–Crippen MR) is 70.0 cm³/mol. The van der Waals surface area contributed by atoms with E-state index in [9.17, 15) is 4.79 Å². The second kappa shape index (κ2) is 5.56. The zero-order valence-electron chi connectivity index (χ0n) is 9.15. The Morgan fingerprint density at radius 2 is 2.06 bits per heavy atom. The first-order valence-corrected chi connectivity index (χ1v) is 6.36. The lowest BCUT2D eigenvalue weighted by molar-refractivity contribution is 0.0606. The third-order valence-electron chi connectivity index (χ3n) is 1.97. The first-order valence-electron chi connectivity index (χ1n) is 4.79. The van der Waals surface area contributed by atoms with E-state index in [1.165, 1.54) is 7.11 Å². The molecule has 0 fully saturated rings. The summed E-state index contributed by atoms with van der Waals surface area (Å²) in [5.74, 6) is -0.104. The molecule has 0 aliphatic rings. The third kappa shape index (κ3) is 2.75. The van der Waals surface area contributed by atoms with E-state index < -0.39 is 5.97 Å². The summed E-state index contributed by atoms with van der Waals surface area (Å²) in [6.45, 7) is 0. The van der Waals surface area contributed by atoms with Gasteiger partial charge in [-0.3, -0.25) is 0 Å². The highest BCUT2D eigenvalue weighted by Crippen LogP contribution is 2.34. The molecular weight excluding hydrogens is 297 g/mol. The molecule has 0 saturated carbocycles. The molecule has 1 aromatic heterocycles. The fraction of sp³-hybridized carbons (Fsp3) is 0.0909. The number of hydrogen-bond acceptors (Lipinski definition) is 5. The number of benzene rings is 1. The molecule has 0 aliphatic heterocycles. The minimum atomic E-state index is -0.550. The average molecular weight is 304 g/mol.